The zero-order valence-corrected chi connectivity index (χ0v) is 10.0. The van der Waals surface area contributed by atoms with E-state index in [0.717, 1.165) is 19.7 Å². The molecule has 0 aromatic rings. The minimum absolute atomic E-state index is 0.0707. The standard InChI is InChI=1S/C11H18ClNO2/c1-3-15-10-8-4-9(10)6-13(5-8)11(14)7(2)12/h7-10H,3-6H2,1-2H3/t7-,8-,9-/m0/s1. The lowest BCUT2D eigenvalue weighted by Gasteiger charge is -2.53. The van der Waals surface area contributed by atoms with Crippen LogP contribution in [0.2, 0.25) is 0 Å². The van der Waals surface area contributed by atoms with Gasteiger partial charge in [-0.2, -0.15) is 0 Å². The number of carbonyl (C=O) groups is 1. The number of hydrogen-bond acceptors (Lipinski definition) is 2. The maximum atomic E-state index is 11.7. The Balaban J connectivity index is 1.89. The maximum absolute atomic E-state index is 11.7. The molecule has 1 aliphatic carbocycles. The van der Waals surface area contributed by atoms with E-state index in [1.54, 1.807) is 6.92 Å². The van der Waals surface area contributed by atoms with Crippen LogP contribution in [0.3, 0.4) is 0 Å². The van der Waals surface area contributed by atoms with E-state index in [-0.39, 0.29) is 5.91 Å². The number of piperidine rings is 2. The predicted molar refractivity (Wildman–Crippen MR) is 58.9 cm³/mol. The first-order chi connectivity index (χ1) is 7.13. The Morgan fingerprint density at radius 3 is 2.60 bits per heavy atom. The van der Waals surface area contributed by atoms with E-state index in [1.807, 2.05) is 11.8 Å². The van der Waals surface area contributed by atoms with Crippen LogP contribution in [0.25, 0.3) is 0 Å². The second-order valence-electron chi connectivity index (χ2n) is 4.54. The van der Waals surface area contributed by atoms with Crippen LogP contribution in [-0.4, -0.2) is 42.0 Å². The first-order valence-electron chi connectivity index (χ1n) is 5.68. The monoisotopic (exact) mass is 231 g/mol. The zero-order chi connectivity index (χ0) is 11.0. The SMILES string of the molecule is CCOC1[C@H]2C[C@H]1CN(C(=O)[C@H](C)Cl)C2. The number of ether oxygens (including phenoxy) is 1. The molecule has 0 N–H and O–H groups in total. The highest BCUT2D eigenvalue weighted by molar-refractivity contribution is 6.30. The molecule has 3 aliphatic rings. The van der Waals surface area contributed by atoms with Crippen LogP contribution in [-0.2, 0) is 9.53 Å². The number of nitrogens with zero attached hydrogens (tertiary/aromatic N) is 1. The minimum atomic E-state index is -0.395. The Hall–Kier alpha value is -0.280. The van der Waals surface area contributed by atoms with E-state index in [1.165, 1.54) is 6.42 Å². The van der Waals surface area contributed by atoms with Gasteiger partial charge in [0.1, 0.15) is 5.38 Å². The van der Waals surface area contributed by atoms with E-state index in [4.69, 9.17) is 16.3 Å². The summed E-state index contributed by atoms with van der Waals surface area (Å²) in [5.74, 6) is 1.16. The molecule has 1 amide bonds. The third-order valence-corrected chi connectivity index (χ3v) is 3.64. The number of hydrogen-bond donors (Lipinski definition) is 0. The molecule has 4 heteroatoms. The van der Waals surface area contributed by atoms with Crippen LogP contribution in [0.5, 0.6) is 0 Å². The second kappa shape index (κ2) is 4.30. The topological polar surface area (TPSA) is 29.5 Å². The van der Waals surface area contributed by atoms with Gasteiger partial charge in [0.25, 0.3) is 0 Å². The summed E-state index contributed by atoms with van der Waals surface area (Å²) in [6.07, 6.45) is 1.61. The summed E-state index contributed by atoms with van der Waals surface area (Å²) in [7, 11) is 0. The van der Waals surface area contributed by atoms with Crippen molar-refractivity contribution in [2.75, 3.05) is 19.7 Å². The Bertz CT molecular complexity index is 245. The molecule has 0 unspecified atom stereocenters. The fraction of sp³-hybridized carbons (Fsp3) is 0.909. The Morgan fingerprint density at radius 2 is 2.13 bits per heavy atom. The highest BCUT2D eigenvalue weighted by Gasteiger charge is 2.48. The summed E-state index contributed by atoms with van der Waals surface area (Å²) < 4.78 is 5.66. The molecular weight excluding hydrogens is 214 g/mol. The van der Waals surface area contributed by atoms with Crippen LogP contribution >= 0.6 is 11.6 Å². The van der Waals surface area contributed by atoms with Crippen LogP contribution in [0.4, 0.5) is 0 Å². The quantitative estimate of drug-likeness (QED) is 0.689. The summed E-state index contributed by atoms with van der Waals surface area (Å²) in [5.41, 5.74) is 0. The molecule has 15 heavy (non-hydrogen) atoms. The van der Waals surface area contributed by atoms with Gasteiger partial charge in [-0.05, 0) is 20.3 Å². The van der Waals surface area contributed by atoms with Gasteiger partial charge in [-0.3, -0.25) is 4.79 Å². The Kier molecular flexibility index (Phi) is 3.21. The average Bonchev–Trinajstić information content (AvgIpc) is 2.24. The first-order valence-corrected chi connectivity index (χ1v) is 6.11. The van der Waals surface area contributed by atoms with Crippen molar-refractivity contribution in [2.24, 2.45) is 11.8 Å². The molecule has 0 radical (unpaired) electrons. The third-order valence-electron chi connectivity index (χ3n) is 3.46. The van der Waals surface area contributed by atoms with E-state index in [9.17, 15) is 4.79 Å². The molecular formula is C11H18ClNO2. The number of halogens is 1. The van der Waals surface area contributed by atoms with Gasteiger partial charge >= 0.3 is 0 Å². The van der Waals surface area contributed by atoms with Crippen LogP contribution in [0, 0.1) is 11.8 Å². The summed E-state index contributed by atoms with van der Waals surface area (Å²) >= 11 is 5.80. The Morgan fingerprint density at radius 1 is 1.53 bits per heavy atom. The van der Waals surface area contributed by atoms with Gasteiger partial charge in [0, 0.05) is 31.5 Å². The predicted octanol–water partition coefficient (Wildman–Crippen LogP) is 1.50. The molecule has 2 saturated heterocycles. The first kappa shape index (κ1) is 11.2. The highest BCUT2D eigenvalue weighted by atomic mass is 35.5. The van der Waals surface area contributed by atoms with Gasteiger partial charge in [0.2, 0.25) is 5.91 Å². The van der Waals surface area contributed by atoms with Crippen molar-refractivity contribution in [1.82, 2.24) is 4.90 Å². The molecule has 2 bridgehead atoms. The number of fused-ring (bicyclic) bond motifs is 2. The fourth-order valence-corrected chi connectivity index (χ4v) is 2.88. The van der Waals surface area contributed by atoms with Crippen molar-refractivity contribution in [3.63, 3.8) is 0 Å². The molecule has 1 saturated carbocycles. The van der Waals surface area contributed by atoms with Gasteiger partial charge < -0.3 is 9.64 Å². The third kappa shape index (κ3) is 2.00. The number of alkyl halides is 1. The van der Waals surface area contributed by atoms with E-state index < -0.39 is 5.38 Å². The molecule has 2 heterocycles. The van der Waals surface area contributed by atoms with Crippen LogP contribution in [0.15, 0.2) is 0 Å². The maximum Gasteiger partial charge on any atom is 0.240 e. The lowest BCUT2D eigenvalue weighted by atomic mass is 9.68. The zero-order valence-electron chi connectivity index (χ0n) is 9.28. The molecule has 3 rings (SSSR count). The molecule has 3 fully saturated rings. The second-order valence-corrected chi connectivity index (χ2v) is 5.19. The fourth-order valence-electron chi connectivity index (χ4n) is 2.74. The summed E-state index contributed by atoms with van der Waals surface area (Å²) in [6, 6.07) is 0. The molecule has 0 aromatic heterocycles. The lowest BCUT2D eigenvalue weighted by Crippen LogP contribution is -2.61. The summed E-state index contributed by atoms with van der Waals surface area (Å²) in [6.45, 7) is 6.20. The molecule has 3 nitrogen and oxygen atoms in total. The summed E-state index contributed by atoms with van der Waals surface area (Å²) in [4.78, 5) is 13.6. The van der Waals surface area contributed by atoms with E-state index in [2.05, 4.69) is 0 Å². The smallest absolute Gasteiger partial charge is 0.240 e. The van der Waals surface area contributed by atoms with Gasteiger partial charge in [0.15, 0.2) is 0 Å². The number of carbonyl (C=O) groups excluding carboxylic acids is 1. The van der Waals surface area contributed by atoms with Crippen molar-refractivity contribution in [2.45, 2.75) is 31.7 Å². The molecule has 2 aliphatic heterocycles. The van der Waals surface area contributed by atoms with Gasteiger partial charge in [0.05, 0.1) is 6.10 Å². The molecule has 3 atom stereocenters. The van der Waals surface area contributed by atoms with Gasteiger partial charge in [-0.1, -0.05) is 0 Å². The normalized spacial score (nSPS) is 35.9. The molecule has 0 spiro atoms. The van der Waals surface area contributed by atoms with E-state index in [0.29, 0.717) is 17.9 Å². The van der Waals surface area contributed by atoms with Crippen molar-refractivity contribution >= 4 is 17.5 Å². The van der Waals surface area contributed by atoms with Crippen LogP contribution < -0.4 is 0 Å². The number of amides is 1. The number of rotatable bonds is 3. The van der Waals surface area contributed by atoms with Crippen molar-refractivity contribution in [3.05, 3.63) is 0 Å². The minimum Gasteiger partial charge on any atom is -0.378 e. The highest BCUT2D eigenvalue weighted by Crippen LogP contribution is 2.42. The molecule has 86 valence electrons. The summed E-state index contributed by atoms with van der Waals surface area (Å²) in [5, 5.41) is -0.395. The van der Waals surface area contributed by atoms with Crippen molar-refractivity contribution in [1.29, 1.82) is 0 Å². The molecule has 0 aromatic carbocycles. The van der Waals surface area contributed by atoms with Crippen molar-refractivity contribution in [3.8, 4) is 0 Å². The van der Waals surface area contributed by atoms with E-state index >= 15 is 0 Å². The Labute approximate surface area is 95.7 Å². The van der Waals surface area contributed by atoms with Gasteiger partial charge in [-0.25, -0.2) is 0 Å². The average molecular weight is 232 g/mol. The largest absolute Gasteiger partial charge is 0.378 e. The lowest BCUT2D eigenvalue weighted by molar-refractivity contribution is -0.160. The van der Waals surface area contributed by atoms with Crippen LogP contribution in [0.1, 0.15) is 20.3 Å². The van der Waals surface area contributed by atoms with Crippen molar-refractivity contribution < 1.29 is 9.53 Å². The van der Waals surface area contributed by atoms with Gasteiger partial charge in [-0.15, -0.1) is 11.6 Å².